The average Bonchev–Trinajstić information content (AvgIpc) is 2.65. The van der Waals surface area contributed by atoms with Gasteiger partial charge in [-0.05, 0) is 55.4 Å². The molecule has 1 amide bonds. The second-order valence-electron chi connectivity index (χ2n) is 8.85. The summed E-state index contributed by atoms with van der Waals surface area (Å²) in [6.45, 7) is 12.7. The second-order valence-corrected chi connectivity index (χ2v) is 13.6. The molecule has 1 aromatic heterocycles. The number of carbonyl (C=O) groups excluding carboxylic acids is 1. The van der Waals surface area contributed by atoms with Gasteiger partial charge in [-0.3, -0.25) is 9.69 Å². The highest BCUT2D eigenvalue weighted by molar-refractivity contribution is 6.74. The zero-order valence-electron chi connectivity index (χ0n) is 17.7. The van der Waals surface area contributed by atoms with Crippen molar-refractivity contribution in [3.05, 3.63) is 48.5 Å². The molecule has 1 aromatic carbocycles. The molecule has 1 aliphatic heterocycles. The van der Waals surface area contributed by atoms with Crippen molar-refractivity contribution < 1.29 is 14.0 Å². The van der Waals surface area contributed by atoms with Crippen LogP contribution in [0, 0.1) is 0 Å². The van der Waals surface area contributed by atoms with E-state index in [2.05, 4.69) is 43.8 Å². The first-order valence-corrected chi connectivity index (χ1v) is 12.4. The van der Waals surface area contributed by atoms with E-state index in [0.29, 0.717) is 5.82 Å². The summed E-state index contributed by atoms with van der Waals surface area (Å²) in [4.78, 5) is 24.0. The topological polar surface area (TPSA) is 64.5 Å². The first kappa shape index (κ1) is 20.5. The Morgan fingerprint density at radius 1 is 1.11 bits per heavy atom. The Balaban J connectivity index is 2.02. The zero-order valence-corrected chi connectivity index (χ0v) is 18.7. The van der Waals surface area contributed by atoms with Gasteiger partial charge in [0, 0.05) is 18.1 Å². The molecule has 1 saturated heterocycles. The van der Waals surface area contributed by atoms with Crippen molar-refractivity contribution in [2.45, 2.75) is 57.5 Å². The molecule has 150 valence electrons. The second kappa shape index (κ2) is 6.97. The molecule has 1 fully saturated rings. The highest BCUT2D eigenvalue weighted by Crippen LogP contribution is 2.51. The van der Waals surface area contributed by atoms with Crippen LogP contribution in [-0.4, -0.2) is 36.9 Å². The van der Waals surface area contributed by atoms with Crippen LogP contribution >= 0.6 is 0 Å². The van der Waals surface area contributed by atoms with Gasteiger partial charge in [0.15, 0.2) is 19.7 Å². The lowest BCUT2D eigenvalue weighted by atomic mass is 9.82. The quantitative estimate of drug-likeness (QED) is 0.552. The number of carbonyl (C=O) groups is 1. The van der Waals surface area contributed by atoms with Crippen molar-refractivity contribution in [1.29, 1.82) is 0 Å². The van der Waals surface area contributed by atoms with E-state index in [1.165, 1.54) is 0 Å². The molecule has 0 bridgehead atoms. The predicted octanol–water partition coefficient (Wildman–Crippen LogP) is 4.35. The van der Waals surface area contributed by atoms with Gasteiger partial charge in [0.05, 0.1) is 7.11 Å². The molecule has 7 heteroatoms. The number of aromatic nitrogens is 2. The van der Waals surface area contributed by atoms with Gasteiger partial charge in [0.1, 0.15) is 11.8 Å². The summed E-state index contributed by atoms with van der Waals surface area (Å²) < 4.78 is 11.9. The number of nitrogens with zero attached hydrogens (tertiary/aromatic N) is 3. The van der Waals surface area contributed by atoms with E-state index >= 15 is 0 Å². The molecule has 0 unspecified atom stereocenters. The standard InChI is InChI=1S/C21H29N3O3Si/c1-20(2,3)28(6,7)27-21(4)17(18-22-13-8-14-23-18)24(19(21)25)15-9-11-16(26-5)12-10-15/h8-14,17H,1-7H3/t17-,21+/m0/s1. The fourth-order valence-corrected chi connectivity index (χ4v) is 4.82. The molecule has 6 nitrogen and oxygen atoms in total. The largest absolute Gasteiger partial charge is 0.497 e. The van der Waals surface area contributed by atoms with E-state index in [4.69, 9.17) is 9.16 Å². The Kier molecular flexibility index (Phi) is 5.10. The molecule has 3 rings (SSSR count). The highest BCUT2D eigenvalue weighted by Gasteiger charge is 2.63. The maximum atomic E-state index is 13.4. The van der Waals surface area contributed by atoms with Gasteiger partial charge >= 0.3 is 0 Å². The van der Waals surface area contributed by atoms with Crippen LogP contribution in [0.1, 0.15) is 39.6 Å². The number of hydrogen-bond donors (Lipinski definition) is 0. The van der Waals surface area contributed by atoms with E-state index in [1.807, 2.05) is 31.2 Å². The summed E-state index contributed by atoms with van der Waals surface area (Å²) in [7, 11) is -0.575. The van der Waals surface area contributed by atoms with Crippen LogP contribution in [0.5, 0.6) is 5.75 Å². The first-order valence-electron chi connectivity index (χ1n) is 9.46. The van der Waals surface area contributed by atoms with Crippen LogP contribution in [0.4, 0.5) is 5.69 Å². The maximum absolute atomic E-state index is 13.4. The van der Waals surface area contributed by atoms with Gasteiger partial charge in [-0.15, -0.1) is 0 Å². The van der Waals surface area contributed by atoms with Crippen LogP contribution in [-0.2, 0) is 9.22 Å². The third-order valence-corrected chi connectivity index (χ3v) is 10.4. The fraction of sp³-hybridized carbons (Fsp3) is 0.476. The average molecular weight is 400 g/mol. The van der Waals surface area contributed by atoms with Crippen LogP contribution in [0.15, 0.2) is 42.7 Å². The van der Waals surface area contributed by atoms with Crippen molar-refractivity contribution in [3.8, 4) is 5.75 Å². The number of methoxy groups -OCH3 is 1. The third kappa shape index (κ3) is 3.33. The molecule has 2 aromatic rings. The van der Waals surface area contributed by atoms with Gasteiger partial charge in [-0.25, -0.2) is 9.97 Å². The van der Waals surface area contributed by atoms with Crippen LogP contribution < -0.4 is 9.64 Å². The van der Waals surface area contributed by atoms with Gasteiger partial charge in [-0.2, -0.15) is 0 Å². The molecule has 0 aliphatic carbocycles. The monoisotopic (exact) mass is 399 g/mol. The molecule has 28 heavy (non-hydrogen) atoms. The Hall–Kier alpha value is -2.25. The van der Waals surface area contributed by atoms with Crippen molar-refractivity contribution in [2.75, 3.05) is 12.0 Å². The summed E-state index contributed by atoms with van der Waals surface area (Å²) in [5.41, 5.74) is -0.218. The first-order chi connectivity index (χ1) is 13.0. The molecule has 0 saturated carbocycles. The Bertz CT molecular complexity index is 849. The Labute approximate surface area is 168 Å². The normalized spacial score (nSPS) is 22.8. The summed E-state index contributed by atoms with van der Waals surface area (Å²) in [5.74, 6) is 1.25. The summed E-state index contributed by atoms with van der Waals surface area (Å²) >= 11 is 0. The molecule has 2 heterocycles. The van der Waals surface area contributed by atoms with Gasteiger partial charge in [0.2, 0.25) is 0 Å². The van der Waals surface area contributed by atoms with Crippen LogP contribution in [0.25, 0.3) is 0 Å². The number of rotatable bonds is 5. The molecular formula is C21H29N3O3Si. The molecule has 0 radical (unpaired) electrons. The lowest BCUT2D eigenvalue weighted by Crippen LogP contribution is -2.71. The van der Waals surface area contributed by atoms with Gasteiger partial charge < -0.3 is 9.16 Å². The predicted molar refractivity (Wildman–Crippen MR) is 112 cm³/mol. The molecular weight excluding hydrogens is 370 g/mol. The summed E-state index contributed by atoms with van der Waals surface area (Å²) in [6.07, 6.45) is 3.40. The van der Waals surface area contributed by atoms with Crippen LogP contribution in [0.3, 0.4) is 0 Å². The Morgan fingerprint density at radius 3 is 2.18 bits per heavy atom. The van der Waals surface area contributed by atoms with E-state index in [9.17, 15) is 4.79 Å². The SMILES string of the molecule is COc1ccc(N2C(=O)[C@](C)(O[Si](C)(C)C(C)(C)C)[C@@H]2c2ncccn2)cc1. The number of β-lactam (4-membered cyclic amide) rings is 1. The van der Waals surface area contributed by atoms with Crippen molar-refractivity contribution >= 4 is 19.9 Å². The fourth-order valence-electron chi connectivity index (χ4n) is 3.26. The van der Waals surface area contributed by atoms with E-state index in [0.717, 1.165) is 11.4 Å². The lowest BCUT2D eigenvalue weighted by molar-refractivity contribution is -0.149. The van der Waals surface area contributed by atoms with E-state index in [1.54, 1.807) is 30.5 Å². The highest BCUT2D eigenvalue weighted by atomic mass is 28.4. The number of hydrogen-bond acceptors (Lipinski definition) is 5. The zero-order chi connectivity index (χ0) is 20.7. The van der Waals surface area contributed by atoms with E-state index in [-0.39, 0.29) is 17.0 Å². The molecule has 2 atom stereocenters. The van der Waals surface area contributed by atoms with Gasteiger partial charge in [-0.1, -0.05) is 20.8 Å². The van der Waals surface area contributed by atoms with Gasteiger partial charge in [0.25, 0.3) is 5.91 Å². The number of amides is 1. The third-order valence-electron chi connectivity index (χ3n) is 5.88. The minimum atomic E-state index is -2.19. The number of anilines is 1. The minimum Gasteiger partial charge on any atom is -0.497 e. The van der Waals surface area contributed by atoms with Crippen molar-refractivity contribution in [3.63, 3.8) is 0 Å². The minimum absolute atomic E-state index is 0.0150. The van der Waals surface area contributed by atoms with E-state index < -0.39 is 13.9 Å². The molecule has 0 spiro atoms. The number of benzene rings is 1. The van der Waals surface area contributed by atoms with Crippen molar-refractivity contribution in [1.82, 2.24) is 9.97 Å². The smallest absolute Gasteiger partial charge is 0.261 e. The lowest BCUT2D eigenvalue weighted by Gasteiger charge is -2.56. The van der Waals surface area contributed by atoms with Crippen molar-refractivity contribution in [2.24, 2.45) is 0 Å². The molecule has 0 N–H and O–H groups in total. The summed E-state index contributed by atoms with van der Waals surface area (Å²) in [5, 5.41) is -0.0150. The maximum Gasteiger partial charge on any atom is 0.261 e. The summed E-state index contributed by atoms with van der Waals surface area (Å²) in [6, 6.07) is 8.82. The Morgan fingerprint density at radius 2 is 1.68 bits per heavy atom. The van der Waals surface area contributed by atoms with Crippen LogP contribution in [0.2, 0.25) is 18.1 Å². The number of ether oxygens (including phenoxy) is 1. The molecule has 1 aliphatic rings.